The fourth-order valence-electron chi connectivity index (χ4n) is 3.12. The van der Waals surface area contributed by atoms with Crippen LogP contribution in [0.5, 0.6) is 5.75 Å². The van der Waals surface area contributed by atoms with Crippen LogP contribution in [0, 0.1) is 0 Å². The topological polar surface area (TPSA) is 90.3 Å². The molecule has 1 fully saturated rings. The zero-order valence-corrected chi connectivity index (χ0v) is 10.0. The lowest BCUT2D eigenvalue weighted by Gasteiger charge is -2.32. The van der Waals surface area contributed by atoms with E-state index in [4.69, 9.17) is 4.74 Å². The first-order valence-corrected chi connectivity index (χ1v) is 5.75. The van der Waals surface area contributed by atoms with E-state index >= 15 is 0 Å². The van der Waals surface area contributed by atoms with Gasteiger partial charge in [0.25, 0.3) is 0 Å². The molecule has 0 bridgehead atoms. The molecule has 96 valence electrons. The molecule has 1 heterocycles. The number of Topliss-reactive ketones (excluding diaryl/α,β-unsaturated/α-hetero) is 1. The highest BCUT2D eigenvalue weighted by Gasteiger charge is 2.80. The van der Waals surface area contributed by atoms with E-state index in [-0.39, 0.29) is 17.1 Å². The van der Waals surface area contributed by atoms with Gasteiger partial charge in [-0.1, -0.05) is 12.1 Å². The molecular formula is C13H14O5. The van der Waals surface area contributed by atoms with Crippen molar-refractivity contribution in [1.82, 2.24) is 0 Å². The molecule has 4 atom stereocenters. The summed E-state index contributed by atoms with van der Waals surface area (Å²) >= 11 is 0. The molecule has 0 amide bonds. The lowest BCUT2D eigenvalue weighted by molar-refractivity contribution is -0.126. The van der Waals surface area contributed by atoms with E-state index in [2.05, 4.69) is 0 Å². The van der Waals surface area contributed by atoms with Crippen LogP contribution in [-0.4, -0.2) is 32.3 Å². The molecule has 0 saturated carbocycles. The Hall–Kier alpha value is -1.43. The van der Waals surface area contributed by atoms with Crippen LogP contribution in [0.4, 0.5) is 0 Å². The molecule has 18 heavy (non-hydrogen) atoms. The van der Waals surface area contributed by atoms with E-state index in [0.29, 0.717) is 5.56 Å². The predicted molar refractivity (Wildman–Crippen MR) is 60.9 cm³/mol. The summed E-state index contributed by atoms with van der Waals surface area (Å²) in [5.74, 6) is -0.498. The highest BCUT2D eigenvalue weighted by molar-refractivity contribution is 5.92. The Morgan fingerprint density at radius 3 is 2.61 bits per heavy atom. The maximum atomic E-state index is 11.8. The molecule has 1 aromatic rings. The SMILES string of the molecule is CC(=O)[C@@]12O[C@]1(C)[C@H](O)c1cccc(O)c1[C@@H]2O. The second-order valence-corrected chi connectivity index (χ2v) is 5.09. The monoisotopic (exact) mass is 250 g/mol. The van der Waals surface area contributed by atoms with Gasteiger partial charge < -0.3 is 20.1 Å². The van der Waals surface area contributed by atoms with Crippen LogP contribution in [0.2, 0.25) is 0 Å². The van der Waals surface area contributed by atoms with Gasteiger partial charge in [0.05, 0.1) is 0 Å². The third kappa shape index (κ3) is 1.01. The van der Waals surface area contributed by atoms with Crippen LogP contribution in [0.3, 0.4) is 0 Å². The van der Waals surface area contributed by atoms with Crippen molar-refractivity contribution in [1.29, 1.82) is 0 Å². The fraction of sp³-hybridized carbons (Fsp3) is 0.462. The molecule has 5 heteroatoms. The van der Waals surface area contributed by atoms with E-state index in [1.165, 1.54) is 13.0 Å². The summed E-state index contributed by atoms with van der Waals surface area (Å²) < 4.78 is 5.42. The number of aromatic hydroxyl groups is 1. The van der Waals surface area contributed by atoms with Gasteiger partial charge in [0.15, 0.2) is 11.4 Å². The molecule has 0 radical (unpaired) electrons. The van der Waals surface area contributed by atoms with Crippen molar-refractivity contribution >= 4 is 5.78 Å². The summed E-state index contributed by atoms with van der Waals surface area (Å²) in [6.45, 7) is 2.90. The Morgan fingerprint density at radius 2 is 2.00 bits per heavy atom. The highest BCUT2D eigenvalue weighted by atomic mass is 16.7. The van der Waals surface area contributed by atoms with Crippen molar-refractivity contribution in [2.75, 3.05) is 0 Å². The van der Waals surface area contributed by atoms with Gasteiger partial charge in [-0.2, -0.15) is 0 Å². The van der Waals surface area contributed by atoms with E-state index in [0.717, 1.165) is 0 Å². The van der Waals surface area contributed by atoms with Crippen LogP contribution in [0.1, 0.15) is 37.2 Å². The van der Waals surface area contributed by atoms with Gasteiger partial charge in [0.2, 0.25) is 0 Å². The number of ketones is 1. The minimum absolute atomic E-state index is 0.141. The van der Waals surface area contributed by atoms with Crippen molar-refractivity contribution in [3.8, 4) is 5.75 Å². The number of hydrogen-bond acceptors (Lipinski definition) is 5. The number of carbonyl (C=O) groups excluding carboxylic acids is 1. The average Bonchev–Trinajstić information content (AvgIpc) is 2.96. The van der Waals surface area contributed by atoms with Gasteiger partial charge in [-0.15, -0.1) is 0 Å². The molecule has 1 aliphatic heterocycles. The smallest absolute Gasteiger partial charge is 0.188 e. The number of aliphatic hydroxyl groups is 2. The summed E-state index contributed by atoms with van der Waals surface area (Å²) in [6, 6.07) is 4.60. The summed E-state index contributed by atoms with van der Waals surface area (Å²) in [7, 11) is 0. The molecule has 1 aromatic carbocycles. The number of hydrogen-bond donors (Lipinski definition) is 3. The van der Waals surface area contributed by atoms with Crippen molar-refractivity contribution in [2.45, 2.75) is 37.3 Å². The molecule has 3 N–H and O–H groups in total. The van der Waals surface area contributed by atoms with E-state index < -0.39 is 23.4 Å². The summed E-state index contributed by atoms with van der Waals surface area (Å²) in [6.07, 6.45) is -2.31. The highest BCUT2D eigenvalue weighted by Crippen LogP contribution is 2.66. The number of phenols is 1. The number of aliphatic hydroxyl groups excluding tert-OH is 2. The minimum Gasteiger partial charge on any atom is -0.508 e. The molecule has 1 aliphatic carbocycles. The van der Waals surface area contributed by atoms with Gasteiger partial charge in [-0.3, -0.25) is 4.79 Å². The zero-order valence-electron chi connectivity index (χ0n) is 10.0. The van der Waals surface area contributed by atoms with E-state index in [1.807, 2.05) is 0 Å². The molecule has 0 aromatic heterocycles. The number of epoxide rings is 1. The Labute approximate surface area is 104 Å². The van der Waals surface area contributed by atoms with Crippen molar-refractivity contribution in [3.63, 3.8) is 0 Å². The standard InChI is InChI=1S/C13H14O5/c1-6(14)13-11(17)9-7(4-3-5-8(9)15)10(16)12(13,2)18-13/h3-5,10-11,15-17H,1-2H3/t10-,11+,12-,13+/m1/s1. The van der Waals surface area contributed by atoms with Crippen LogP contribution in [0.25, 0.3) is 0 Å². The molecule has 0 spiro atoms. The third-order valence-electron chi connectivity index (χ3n) is 4.18. The molecule has 3 rings (SSSR count). The summed E-state index contributed by atoms with van der Waals surface area (Å²) in [4.78, 5) is 11.8. The van der Waals surface area contributed by atoms with Gasteiger partial charge in [0, 0.05) is 5.56 Å². The lowest BCUT2D eigenvalue weighted by Crippen LogP contribution is -2.44. The van der Waals surface area contributed by atoms with Gasteiger partial charge in [-0.25, -0.2) is 0 Å². The van der Waals surface area contributed by atoms with Crippen LogP contribution >= 0.6 is 0 Å². The number of fused-ring (bicyclic) bond motifs is 2. The van der Waals surface area contributed by atoms with E-state index in [9.17, 15) is 20.1 Å². The second kappa shape index (κ2) is 3.12. The number of benzene rings is 1. The Balaban J connectivity index is 2.26. The van der Waals surface area contributed by atoms with Crippen molar-refractivity contribution in [3.05, 3.63) is 29.3 Å². The Bertz CT molecular complexity index is 554. The quantitative estimate of drug-likeness (QED) is 0.635. The van der Waals surface area contributed by atoms with Crippen molar-refractivity contribution in [2.24, 2.45) is 0 Å². The maximum Gasteiger partial charge on any atom is 0.188 e. The van der Waals surface area contributed by atoms with E-state index in [1.54, 1.807) is 19.1 Å². The van der Waals surface area contributed by atoms with Gasteiger partial charge in [-0.05, 0) is 25.5 Å². The van der Waals surface area contributed by atoms with Crippen LogP contribution in [0.15, 0.2) is 18.2 Å². The van der Waals surface area contributed by atoms with Crippen LogP contribution < -0.4 is 0 Å². The van der Waals surface area contributed by atoms with Crippen LogP contribution in [-0.2, 0) is 9.53 Å². The fourth-order valence-corrected chi connectivity index (χ4v) is 3.12. The average molecular weight is 250 g/mol. The molecule has 5 nitrogen and oxygen atoms in total. The predicted octanol–water partition coefficient (Wildman–Crippen LogP) is 0.589. The zero-order chi connectivity index (χ0) is 13.3. The Kier molecular flexibility index (Phi) is 2.02. The molecule has 1 saturated heterocycles. The maximum absolute atomic E-state index is 11.8. The second-order valence-electron chi connectivity index (χ2n) is 5.09. The minimum atomic E-state index is -1.45. The lowest BCUT2D eigenvalue weighted by atomic mass is 9.71. The number of rotatable bonds is 1. The van der Waals surface area contributed by atoms with Gasteiger partial charge in [0.1, 0.15) is 23.6 Å². The first-order chi connectivity index (χ1) is 8.36. The van der Waals surface area contributed by atoms with Crippen molar-refractivity contribution < 1.29 is 24.9 Å². The first kappa shape index (κ1) is 11.6. The number of phenolic OH excluding ortho intramolecular Hbond substituents is 1. The molecule has 2 aliphatic rings. The largest absolute Gasteiger partial charge is 0.508 e. The number of carbonyl (C=O) groups is 1. The molecular weight excluding hydrogens is 236 g/mol. The summed E-state index contributed by atoms with van der Waals surface area (Å²) in [5.41, 5.74) is -1.99. The summed E-state index contributed by atoms with van der Waals surface area (Å²) in [5, 5.41) is 30.5. The van der Waals surface area contributed by atoms with Gasteiger partial charge >= 0.3 is 0 Å². The third-order valence-corrected chi connectivity index (χ3v) is 4.18. The normalized spacial score (nSPS) is 40.9. The number of ether oxygens (including phenoxy) is 1. The Morgan fingerprint density at radius 1 is 1.33 bits per heavy atom. The molecule has 0 unspecified atom stereocenters. The first-order valence-electron chi connectivity index (χ1n) is 5.75.